The summed E-state index contributed by atoms with van der Waals surface area (Å²) in [7, 11) is 0. The molecule has 1 heterocycles. The number of piperidine rings is 1. The molecule has 0 aliphatic carbocycles. The molecule has 2 aromatic rings. The van der Waals surface area contributed by atoms with Crippen LogP contribution in [0, 0.1) is 5.92 Å². The summed E-state index contributed by atoms with van der Waals surface area (Å²) in [6, 6.07) is 18.6. The number of rotatable bonds is 10. The molecule has 0 amide bonds. The van der Waals surface area contributed by atoms with Gasteiger partial charge in [0.15, 0.2) is 0 Å². The quantitative estimate of drug-likeness (QED) is 0.294. The number of allylic oxidation sites excluding steroid dienone is 6. The van der Waals surface area contributed by atoms with Gasteiger partial charge in [-0.2, -0.15) is 0 Å². The van der Waals surface area contributed by atoms with Crippen LogP contribution in [0.1, 0.15) is 64.0 Å². The van der Waals surface area contributed by atoms with E-state index < -0.39 is 0 Å². The van der Waals surface area contributed by atoms with Crippen LogP contribution >= 0.6 is 0 Å². The summed E-state index contributed by atoms with van der Waals surface area (Å²) in [5.41, 5.74) is 5.84. The van der Waals surface area contributed by atoms with Crippen molar-refractivity contribution in [3.05, 3.63) is 89.5 Å². The molecule has 0 aromatic heterocycles. The van der Waals surface area contributed by atoms with Gasteiger partial charge in [0.1, 0.15) is 5.75 Å². The van der Waals surface area contributed by atoms with Crippen LogP contribution in [0.25, 0.3) is 11.1 Å². The number of aliphatic hydroxyl groups is 1. The summed E-state index contributed by atoms with van der Waals surface area (Å²) in [5, 5.41) is 19.5. The van der Waals surface area contributed by atoms with Crippen molar-refractivity contribution in [2.24, 2.45) is 5.92 Å². The van der Waals surface area contributed by atoms with Crippen LogP contribution in [0.3, 0.4) is 0 Å². The highest BCUT2D eigenvalue weighted by Crippen LogP contribution is 2.36. The van der Waals surface area contributed by atoms with Gasteiger partial charge in [0.05, 0.1) is 0 Å². The Kier molecular flexibility index (Phi) is 10.2. The Labute approximate surface area is 206 Å². The first-order valence-electron chi connectivity index (χ1n) is 12.8. The fourth-order valence-corrected chi connectivity index (χ4v) is 4.87. The number of nitrogens with zero attached hydrogens (tertiary/aromatic N) is 1. The molecule has 3 nitrogen and oxygen atoms in total. The third kappa shape index (κ3) is 7.19. The van der Waals surface area contributed by atoms with E-state index in [4.69, 9.17) is 0 Å². The summed E-state index contributed by atoms with van der Waals surface area (Å²) in [6.07, 6.45) is 11.9. The van der Waals surface area contributed by atoms with Gasteiger partial charge >= 0.3 is 0 Å². The van der Waals surface area contributed by atoms with Crippen molar-refractivity contribution in [3.63, 3.8) is 0 Å². The summed E-state index contributed by atoms with van der Waals surface area (Å²) >= 11 is 0. The first kappa shape index (κ1) is 26.0. The zero-order valence-corrected chi connectivity index (χ0v) is 21.1. The monoisotopic (exact) mass is 459 g/mol. The van der Waals surface area contributed by atoms with Crippen LogP contribution < -0.4 is 0 Å². The second-order valence-corrected chi connectivity index (χ2v) is 9.55. The van der Waals surface area contributed by atoms with Gasteiger partial charge in [0.25, 0.3) is 0 Å². The van der Waals surface area contributed by atoms with Crippen molar-refractivity contribution in [1.82, 2.24) is 4.90 Å². The molecule has 0 saturated carbocycles. The topological polar surface area (TPSA) is 43.7 Å². The minimum absolute atomic E-state index is 0.162. The Bertz CT molecular complexity index is 962. The van der Waals surface area contributed by atoms with Gasteiger partial charge in [0, 0.05) is 12.6 Å². The lowest BCUT2D eigenvalue weighted by atomic mass is 9.86. The number of phenolic OH excluding ortho intramolecular Hbond substituents is 1. The predicted molar refractivity (Wildman–Crippen MR) is 145 cm³/mol. The van der Waals surface area contributed by atoms with Crippen molar-refractivity contribution in [2.45, 2.75) is 58.9 Å². The number of likely N-dealkylation sites (tertiary alicyclic amines) is 1. The van der Waals surface area contributed by atoms with E-state index in [1.165, 1.54) is 48.2 Å². The number of hydrogen-bond acceptors (Lipinski definition) is 3. The lowest BCUT2D eigenvalue weighted by Crippen LogP contribution is -2.38. The first-order chi connectivity index (χ1) is 16.5. The Hall–Kier alpha value is -2.62. The summed E-state index contributed by atoms with van der Waals surface area (Å²) < 4.78 is 0. The maximum atomic E-state index is 9.89. The number of aliphatic hydroxyl groups excluding tert-OH is 1. The maximum absolute atomic E-state index is 9.89. The van der Waals surface area contributed by atoms with Crippen molar-refractivity contribution in [1.29, 1.82) is 0 Å². The normalized spacial score (nSPS) is 16.9. The standard InChI is InChI=1S/C31H41NO2/c1-4-26(13-8-10-25-19-21-32(22-20-25)24(2)3)31(28-15-17-29(34)18-16-28)30(14-9-23-33)27-11-6-5-7-12-27/h4-8,11-13,15-18,24-25,33-34H,9-10,14,19-23H2,1-3H3/b13-8-,26-4+,31-30+. The second-order valence-electron chi connectivity index (χ2n) is 9.55. The smallest absolute Gasteiger partial charge is 0.115 e. The molecule has 0 bridgehead atoms. The highest BCUT2D eigenvalue weighted by atomic mass is 16.3. The average molecular weight is 460 g/mol. The fraction of sp³-hybridized carbons (Fsp3) is 0.419. The number of hydrogen-bond donors (Lipinski definition) is 2. The Morgan fingerprint density at radius 2 is 1.68 bits per heavy atom. The maximum Gasteiger partial charge on any atom is 0.115 e. The molecular weight excluding hydrogens is 418 g/mol. The zero-order chi connectivity index (χ0) is 24.3. The molecular formula is C31H41NO2. The third-order valence-electron chi connectivity index (χ3n) is 6.91. The van der Waals surface area contributed by atoms with Crippen molar-refractivity contribution >= 4 is 11.1 Å². The van der Waals surface area contributed by atoms with Crippen LogP contribution in [0.5, 0.6) is 5.75 Å². The molecule has 3 heteroatoms. The van der Waals surface area contributed by atoms with E-state index in [0.29, 0.717) is 12.5 Å². The van der Waals surface area contributed by atoms with Crippen LogP contribution in [0.2, 0.25) is 0 Å². The second kappa shape index (κ2) is 13.3. The summed E-state index contributed by atoms with van der Waals surface area (Å²) in [4.78, 5) is 2.58. The van der Waals surface area contributed by atoms with Gasteiger partial charge in [-0.25, -0.2) is 0 Å². The molecule has 0 radical (unpaired) electrons. The number of phenols is 1. The fourth-order valence-electron chi connectivity index (χ4n) is 4.87. The van der Waals surface area contributed by atoms with Crippen molar-refractivity contribution < 1.29 is 10.2 Å². The zero-order valence-electron chi connectivity index (χ0n) is 21.1. The summed E-state index contributed by atoms with van der Waals surface area (Å²) in [6.45, 7) is 9.23. The van der Waals surface area contributed by atoms with E-state index in [0.717, 1.165) is 24.3 Å². The minimum atomic E-state index is 0.162. The van der Waals surface area contributed by atoms with Crippen molar-refractivity contribution in [3.8, 4) is 5.75 Å². The van der Waals surface area contributed by atoms with E-state index in [2.05, 4.69) is 68.2 Å². The average Bonchev–Trinajstić information content (AvgIpc) is 2.86. The predicted octanol–water partition coefficient (Wildman–Crippen LogP) is 7.09. The molecule has 0 atom stereocenters. The molecule has 0 unspecified atom stereocenters. The van der Waals surface area contributed by atoms with Gasteiger partial charge < -0.3 is 15.1 Å². The van der Waals surface area contributed by atoms with Gasteiger partial charge in [-0.1, -0.05) is 60.7 Å². The molecule has 1 aliphatic rings. The lowest BCUT2D eigenvalue weighted by molar-refractivity contribution is 0.150. The molecule has 182 valence electrons. The molecule has 1 saturated heterocycles. The lowest BCUT2D eigenvalue weighted by Gasteiger charge is -2.34. The van der Waals surface area contributed by atoms with Crippen LogP contribution in [0.15, 0.2) is 78.4 Å². The Morgan fingerprint density at radius 3 is 2.26 bits per heavy atom. The highest BCUT2D eigenvalue weighted by Gasteiger charge is 2.20. The Morgan fingerprint density at radius 1 is 1.00 bits per heavy atom. The molecule has 2 aromatic carbocycles. The van der Waals surface area contributed by atoms with E-state index in [1.807, 2.05) is 18.2 Å². The Balaban J connectivity index is 1.92. The van der Waals surface area contributed by atoms with Gasteiger partial charge in [-0.3, -0.25) is 0 Å². The van der Waals surface area contributed by atoms with E-state index >= 15 is 0 Å². The number of benzene rings is 2. The van der Waals surface area contributed by atoms with Gasteiger partial charge in [-0.05, 0) is 112 Å². The highest BCUT2D eigenvalue weighted by molar-refractivity contribution is 5.99. The molecule has 1 fully saturated rings. The van der Waals surface area contributed by atoms with Crippen LogP contribution in [-0.4, -0.2) is 40.9 Å². The molecule has 3 rings (SSSR count). The van der Waals surface area contributed by atoms with Gasteiger partial charge in [0.2, 0.25) is 0 Å². The number of aromatic hydroxyl groups is 1. The first-order valence-corrected chi connectivity index (χ1v) is 12.8. The molecule has 1 aliphatic heterocycles. The largest absolute Gasteiger partial charge is 0.508 e. The third-order valence-corrected chi connectivity index (χ3v) is 6.91. The van der Waals surface area contributed by atoms with Crippen molar-refractivity contribution in [2.75, 3.05) is 19.7 Å². The van der Waals surface area contributed by atoms with E-state index in [1.54, 1.807) is 12.1 Å². The van der Waals surface area contributed by atoms with E-state index in [9.17, 15) is 10.2 Å². The van der Waals surface area contributed by atoms with Crippen LogP contribution in [0.4, 0.5) is 0 Å². The van der Waals surface area contributed by atoms with Gasteiger partial charge in [-0.15, -0.1) is 0 Å². The van der Waals surface area contributed by atoms with E-state index in [-0.39, 0.29) is 12.4 Å². The molecule has 2 N–H and O–H groups in total. The SMILES string of the molecule is C/C=C(\C=C/CC1CCN(C(C)C)CC1)C(=C(/CCCO)c1ccccc1)/c1ccc(O)cc1. The minimum Gasteiger partial charge on any atom is -0.508 e. The molecule has 0 spiro atoms. The van der Waals surface area contributed by atoms with Crippen LogP contribution in [-0.2, 0) is 0 Å². The molecule has 34 heavy (non-hydrogen) atoms. The summed E-state index contributed by atoms with van der Waals surface area (Å²) in [5.74, 6) is 1.01.